The second-order valence-corrected chi connectivity index (χ2v) is 8.02. The van der Waals surface area contributed by atoms with Crippen molar-refractivity contribution in [2.24, 2.45) is 7.05 Å². The number of carbonyl (C=O) groups excluding carboxylic acids is 3. The van der Waals surface area contributed by atoms with Gasteiger partial charge in [-0.25, -0.2) is 4.98 Å². The predicted molar refractivity (Wildman–Crippen MR) is 124 cm³/mol. The number of nitrogens with zero attached hydrogens (tertiary/aromatic N) is 4. The third kappa shape index (κ3) is 4.13. The summed E-state index contributed by atoms with van der Waals surface area (Å²) in [5, 5.41) is 10.5. The van der Waals surface area contributed by atoms with Crippen molar-refractivity contribution in [3.63, 3.8) is 0 Å². The Bertz CT molecular complexity index is 1390. The Morgan fingerprint density at radius 3 is 2.88 bits per heavy atom. The number of aromatic nitrogens is 4. The topological polar surface area (TPSA) is 120 Å². The van der Waals surface area contributed by atoms with E-state index in [0.29, 0.717) is 29.1 Å². The van der Waals surface area contributed by atoms with Gasteiger partial charge in [0.15, 0.2) is 6.61 Å². The van der Waals surface area contributed by atoms with Crippen LogP contribution in [-0.4, -0.2) is 43.7 Å². The van der Waals surface area contributed by atoms with Crippen molar-refractivity contribution in [1.82, 2.24) is 24.6 Å². The summed E-state index contributed by atoms with van der Waals surface area (Å²) < 4.78 is 9.32. The first-order valence-electron chi connectivity index (χ1n) is 10.8. The SMILES string of the molecule is Cn1nc(C2CCC(=O)NC2=O)c2cccc(OCC(=O)Nc3cccc(-n4ccnc4)c3)c21. The summed E-state index contributed by atoms with van der Waals surface area (Å²) in [6.45, 7) is -0.201. The third-order valence-corrected chi connectivity index (χ3v) is 5.72. The molecule has 0 saturated carbocycles. The zero-order chi connectivity index (χ0) is 23.7. The van der Waals surface area contributed by atoms with Crippen molar-refractivity contribution in [1.29, 1.82) is 0 Å². The smallest absolute Gasteiger partial charge is 0.262 e. The van der Waals surface area contributed by atoms with Crippen LogP contribution >= 0.6 is 0 Å². The Hall–Kier alpha value is -4.47. The lowest BCUT2D eigenvalue weighted by atomic mass is 9.93. The molecule has 1 fully saturated rings. The summed E-state index contributed by atoms with van der Waals surface area (Å²) in [5.74, 6) is -0.963. The van der Waals surface area contributed by atoms with E-state index in [2.05, 4.69) is 20.7 Å². The first-order chi connectivity index (χ1) is 16.5. The standard InChI is InChI=1S/C24H22N6O4/c1-29-23-17(22(28-29)18-8-9-20(31)27-24(18)33)6-3-7-19(23)34-13-21(32)26-15-4-2-5-16(12-15)30-11-10-25-14-30/h2-7,10-12,14,18H,8-9,13H2,1H3,(H,26,32)(H,27,31,33). The molecule has 10 nitrogen and oxygen atoms in total. The molecule has 5 rings (SSSR count). The number of piperidine rings is 1. The number of imide groups is 1. The van der Waals surface area contributed by atoms with Gasteiger partial charge in [-0.05, 0) is 30.7 Å². The van der Waals surface area contributed by atoms with Gasteiger partial charge >= 0.3 is 0 Å². The predicted octanol–water partition coefficient (Wildman–Crippen LogP) is 2.30. The second kappa shape index (κ2) is 8.81. The maximum absolute atomic E-state index is 12.6. The minimum absolute atomic E-state index is 0.201. The van der Waals surface area contributed by atoms with Crippen LogP contribution in [0, 0.1) is 0 Å². The van der Waals surface area contributed by atoms with E-state index >= 15 is 0 Å². The average molecular weight is 458 g/mol. The lowest BCUT2D eigenvalue weighted by molar-refractivity contribution is -0.134. The number of carbonyl (C=O) groups is 3. The second-order valence-electron chi connectivity index (χ2n) is 8.02. The summed E-state index contributed by atoms with van der Waals surface area (Å²) in [5.41, 5.74) is 2.78. The number of ether oxygens (including phenoxy) is 1. The van der Waals surface area contributed by atoms with Crippen LogP contribution < -0.4 is 15.4 Å². The molecule has 3 amide bonds. The maximum atomic E-state index is 12.6. The van der Waals surface area contributed by atoms with Crippen molar-refractivity contribution in [3.8, 4) is 11.4 Å². The van der Waals surface area contributed by atoms with Gasteiger partial charge in [-0.3, -0.25) is 24.4 Å². The molecule has 2 aromatic heterocycles. The van der Waals surface area contributed by atoms with Gasteiger partial charge in [-0.1, -0.05) is 18.2 Å². The number of nitrogens with one attached hydrogen (secondary N) is 2. The highest BCUT2D eigenvalue weighted by molar-refractivity contribution is 6.03. The molecule has 1 unspecified atom stereocenters. The van der Waals surface area contributed by atoms with Gasteiger partial charge in [0.1, 0.15) is 11.3 Å². The zero-order valence-electron chi connectivity index (χ0n) is 18.4. The monoisotopic (exact) mass is 458 g/mol. The number of hydrogen-bond acceptors (Lipinski definition) is 6. The largest absolute Gasteiger partial charge is 0.481 e. The number of para-hydroxylation sites is 1. The molecule has 1 saturated heterocycles. The van der Waals surface area contributed by atoms with E-state index in [1.807, 2.05) is 35.0 Å². The Kier molecular flexibility index (Phi) is 5.54. The van der Waals surface area contributed by atoms with Crippen LogP contribution in [0.2, 0.25) is 0 Å². The van der Waals surface area contributed by atoms with Crippen LogP contribution in [0.5, 0.6) is 5.75 Å². The molecular formula is C24H22N6O4. The van der Waals surface area contributed by atoms with Crippen LogP contribution in [0.25, 0.3) is 16.6 Å². The van der Waals surface area contributed by atoms with Gasteiger partial charge in [0.2, 0.25) is 11.8 Å². The molecule has 34 heavy (non-hydrogen) atoms. The molecule has 1 aliphatic heterocycles. The summed E-state index contributed by atoms with van der Waals surface area (Å²) >= 11 is 0. The summed E-state index contributed by atoms with van der Waals surface area (Å²) in [4.78, 5) is 40.5. The molecule has 172 valence electrons. The highest BCUT2D eigenvalue weighted by atomic mass is 16.5. The van der Waals surface area contributed by atoms with Crippen LogP contribution in [0.3, 0.4) is 0 Å². The van der Waals surface area contributed by atoms with Crippen LogP contribution in [0.4, 0.5) is 5.69 Å². The molecular weight excluding hydrogens is 436 g/mol. The zero-order valence-corrected chi connectivity index (χ0v) is 18.4. The number of fused-ring (bicyclic) bond motifs is 1. The van der Waals surface area contributed by atoms with Gasteiger partial charge in [-0.15, -0.1) is 0 Å². The van der Waals surface area contributed by atoms with E-state index in [0.717, 1.165) is 11.1 Å². The van der Waals surface area contributed by atoms with Gasteiger partial charge in [0.05, 0.1) is 17.9 Å². The molecule has 10 heteroatoms. The molecule has 1 atom stereocenters. The molecule has 0 aliphatic carbocycles. The van der Waals surface area contributed by atoms with E-state index < -0.39 is 5.92 Å². The van der Waals surface area contributed by atoms with E-state index in [9.17, 15) is 14.4 Å². The molecule has 4 aromatic rings. The minimum atomic E-state index is -0.511. The fraction of sp³-hybridized carbons (Fsp3) is 0.208. The van der Waals surface area contributed by atoms with E-state index in [1.165, 1.54) is 0 Å². The van der Waals surface area contributed by atoms with E-state index in [-0.39, 0.29) is 30.7 Å². The number of anilines is 1. The van der Waals surface area contributed by atoms with Crippen LogP contribution in [0.1, 0.15) is 24.5 Å². The van der Waals surface area contributed by atoms with Gasteiger partial charge in [0, 0.05) is 42.6 Å². The Balaban J connectivity index is 1.31. The number of benzene rings is 2. The molecule has 3 heterocycles. The lowest BCUT2D eigenvalue weighted by Gasteiger charge is -2.19. The van der Waals surface area contributed by atoms with Crippen molar-refractivity contribution in [3.05, 3.63) is 66.9 Å². The van der Waals surface area contributed by atoms with Crippen LogP contribution in [-0.2, 0) is 21.4 Å². The van der Waals surface area contributed by atoms with Crippen molar-refractivity contribution in [2.45, 2.75) is 18.8 Å². The number of imidazole rings is 1. The van der Waals surface area contributed by atoms with Crippen molar-refractivity contribution < 1.29 is 19.1 Å². The Morgan fingerprint density at radius 2 is 2.09 bits per heavy atom. The number of hydrogen-bond donors (Lipinski definition) is 2. The molecule has 2 N–H and O–H groups in total. The van der Waals surface area contributed by atoms with E-state index in [4.69, 9.17) is 4.74 Å². The fourth-order valence-electron chi connectivity index (χ4n) is 4.15. The van der Waals surface area contributed by atoms with Gasteiger partial charge in [0.25, 0.3) is 5.91 Å². The molecule has 0 radical (unpaired) electrons. The number of amides is 3. The van der Waals surface area contributed by atoms with E-state index in [1.54, 1.807) is 42.5 Å². The summed E-state index contributed by atoms with van der Waals surface area (Å²) in [6, 6.07) is 12.8. The molecule has 1 aliphatic rings. The van der Waals surface area contributed by atoms with Crippen LogP contribution in [0.15, 0.2) is 61.2 Å². The quantitative estimate of drug-likeness (QED) is 0.428. The van der Waals surface area contributed by atoms with Crippen molar-refractivity contribution in [2.75, 3.05) is 11.9 Å². The van der Waals surface area contributed by atoms with Crippen molar-refractivity contribution >= 4 is 34.3 Å². The fourth-order valence-corrected chi connectivity index (χ4v) is 4.15. The summed E-state index contributed by atoms with van der Waals surface area (Å²) in [7, 11) is 1.76. The molecule has 0 spiro atoms. The third-order valence-electron chi connectivity index (χ3n) is 5.72. The Morgan fingerprint density at radius 1 is 1.24 bits per heavy atom. The average Bonchev–Trinajstić information content (AvgIpc) is 3.47. The minimum Gasteiger partial charge on any atom is -0.481 e. The summed E-state index contributed by atoms with van der Waals surface area (Å²) in [6.07, 6.45) is 5.86. The first-order valence-corrected chi connectivity index (χ1v) is 10.8. The van der Waals surface area contributed by atoms with Gasteiger partial charge in [-0.2, -0.15) is 5.10 Å². The first kappa shape index (κ1) is 21.4. The molecule has 0 bridgehead atoms. The maximum Gasteiger partial charge on any atom is 0.262 e. The lowest BCUT2D eigenvalue weighted by Crippen LogP contribution is -2.39. The number of rotatable bonds is 6. The number of aryl methyl sites for hydroxylation is 1. The van der Waals surface area contributed by atoms with Gasteiger partial charge < -0.3 is 14.6 Å². The highest BCUT2D eigenvalue weighted by Gasteiger charge is 2.32. The highest BCUT2D eigenvalue weighted by Crippen LogP contribution is 2.34. The Labute approximate surface area is 194 Å². The normalized spacial score (nSPS) is 15.9. The molecule has 2 aromatic carbocycles.